The first-order chi connectivity index (χ1) is 11.8. The fourth-order valence-electron chi connectivity index (χ4n) is 2.36. The Labute approximate surface area is 140 Å². The Balaban J connectivity index is 1.58. The van der Waals surface area contributed by atoms with Crippen molar-refractivity contribution in [2.24, 2.45) is 0 Å². The van der Waals surface area contributed by atoms with E-state index in [4.69, 9.17) is 0 Å². The maximum Gasteiger partial charge on any atom is 0.253 e. The lowest BCUT2D eigenvalue weighted by Crippen LogP contribution is -2.25. The number of anilines is 2. The normalized spacial score (nSPS) is 10.3. The van der Waals surface area contributed by atoms with Gasteiger partial charge in [-0.2, -0.15) is 0 Å². The lowest BCUT2D eigenvalue weighted by Gasteiger charge is -2.12. The van der Waals surface area contributed by atoms with E-state index in [0.29, 0.717) is 12.1 Å². The quantitative estimate of drug-likeness (QED) is 0.656. The smallest absolute Gasteiger partial charge is 0.253 e. The molecule has 0 unspecified atom stereocenters. The Morgan fingerprint density at radius 2 is 2.00 bits per heavy atom. The molecule has 0 aliphatic carbocycles. The van der Waals surface area contributed by atoms with E-state index in [9.17, 15) is 4.79 Å². The summed E-state index contributed by atoms with van der Waals surface area (Å²) >= 11 is 0. The van der Waals surface area contributed by atoms with Crippen molar-refractivity contribution in [1.29, 1.82) is 0 Å². The molecule has 0 spiro atoms. The molecule has 3 rings (SSSR count). The fourth-order valence-corrected chi connectivity index (χ4v) is 2.36. The van der Waals surface area contributed by atoms with Crippen LogP contribution in [0.1, 0.15) is 16.8 Å². The van der Waals surface area contributed by atoms with Crippen LogP contribution in [0.5, 0.6) is 0 Å². The summed E-state index contributed by atoms with van der Waals surface area (Å²) in [5.74, 6) is -0.0902. The molecule has 0 bridgehead atoms. The Hall–Kier alpha value is -3.15. The van der Waals surface area contributed by atoms with Crippen LogP contribution >= 0.6 is 0 Å². The van der Waals surface area contributed by atoms with Crippen molar-refractivity contribution in [1.82, 2.24) is 19.9 Å². The van der Waals surface area contributed by atoms with Gasteiger partial charge in [0.05, 0.1) is 29.5 Å². The lowest BCUT2D eigenvalue weighted by atomic mass is 10.1. The molecule has 2 N–H and O–H groups in total. The molecule has 6 heteroatoms. The molecule has 1 amide bonds. The van der Waals surface area contributed by atoms with Crippen LogP contribution in [0.25, 0.3) is 0 Å². The molecule has 122 valence electrons. The second kappa shape index (κ2) is 7.92. The molecule has 24 heavy (non-hydrogen) atoms. The lowest BCUT2D eigenvalue weighted by molar-refractivity contribution is 0.0953. The number of nitrogens with one attached hydrogen (secondary N) is 2. The van der Waals surface area contributed by atoms with Gasteiger partial charge < -0.3 is 15.2 Å². The molecular weight excluding hydrogens is 302 g/mol. The van der Waals surface area contributed by atoms with Crippen molar-refractivity contribution in [3.63, 3.8) is 0 Å². The summed E-state index contributed by atoms with van der Waals surface area (Å²) in [6.07, 6.45) is 9.72. The average Bonchev–Trinajstić information content (AvgIpc) is 3.13. The second-order valence-corrected chi connectivity index (χ2v) is 5.32. The summed E-state index contributed by atoms with van der Waals surface area (Å²) in [5, 5.41) is 6.19. The van der Waals surface area contributed by atoms with Crippen molar-refractivity contribution in [3.05, 3.63) is 73.1 Å². The van der Waals surface area contributed by atoms with Crippen LogP contribution < -0.4 is 10.6 Å². The summed E-state index contributed by atoms with van der Waals surface area (Å²) in [7, 11) is 0. The van der Waals surface area contributed by atoms with E-state index in [1.54, 1.807) is 24.9 Å². The Morgan fingerprint density at radius 1 is 1.08 bits per heavy atom. The van der Waals surface area contributed by atoms with E-state index in [1.807, 2.05) is 47.2 Å². The zero-order valence-electron chi connectivity index (χ0n) is 13.2. The monoisotopic (exact) mass is 321 g/mol. The van der Waals surface area contributed by atoms with Crippen molar-refractivity contribution >= 4 is 17.3 Å². The maximum absolute atomic E-state index is 12.4. The van der Waals surface area contributed by atoms with E-state index in [-0.39, 0.29) is 5.91 Å². The third-order valence-electron chi connectivity index (χ3n) is 3.55. The minimum Gasteiger partial charge on any atom is -0.354 e. The molecule has 1 aromatic carbocycles. The molecule has 0 radical (unpaired) electrons. The van der Waals surface area contributed by atoms with Crippen LogP contribution in [0.3, 0.4) is 0 Å². The van der Waals surface area contributed by atoms with Gasteiger partial charge in [0.15, 0.2) is 0 Å². The van der Waals surface area contributed by atoms with E-state index < -0.39 is 0 Å². The number of carbonyl (C=O) groups excluding carboxylic acids is 1. The number of hydrogen-bond donors (Lipinski definition) is 2. The van der Waals surface area contributed by atoms with E-state index in [0.717, 1.165) is 24.3 Å². The standard InChI is InChI=1S/C18H19N5O/c24-18(21-9-4-11-23-12-10-20-14-23)16-6-1-2-7-17(16)22-15-5-3-8-19-13-15/h1-3,5-8,10,12-14,22H,4,9,11H2,(H,21,24). The van der Waals surface area contributed by atoms with Gasteiger partial charge in [0, 0.05) is 31.7 Å². The van der Waals surface area contributed by atoms with Gasteiger partial charge in [-0.1, -0.05) is 12.1 Å². The number of pyridine rings is 1. The molecule has 2 heterocycles. The fraction of sp³-hybridized carbons (Fsp3) is 0.167. The number of benzene rings is 1. The largest absolute Gasteiger partial charge is 0.354 e. The number of imidazole rings is 1. The SMILES string of the molecule is O=C(NCCCn1ccnc1)c1ccccc1Nc1cccnc1. The van der Waals surface area contributed by atoms with Gasteiger partial charge >= 0.3 is 0 Å². The van der Waals surface area contributed by atoms with Crippen molar-refractivity contribution < 1.29 is 4.79 Å². The minimum atomic E-state index is -0.0902. The second-order valence-electron chi connectivity index (χ2n) is 5.32. The summed E-state index contributed by atoms with van der Waals surface area (Å²) in [4.78, 5) is 20.5. The highest BCUT2D eigenvalue weighted by Gasteiger charge is 2.10. The van der Waals surface area contributed by atoms with Gasteiger partial charge in [0.2, 0.25) is 0 Å². The van der Waals surface area contributed by atoms with E-state index >= 15 is 0 Å². The highest BCUT2D eigenvalue weighted by atomic mass is 16.1. The van der Waals surface area contributed by atoms with Gasteiger partial charge in [-0.05, 0) is 30.7 Å². The summed E-state index contributed by atoms with van der Waals surface area (Å²) in [6, 6.07) is 11.2. The molecule has 2 aromatic heterocycles. The first kappa shape index (κ1) is 15.7. The summed E-state index contributed by atoms with van der Waals surface area (Å²) in [6.45, 7) is 1.44. The zero-order chi connectivity index (χ0) is 16.6. The van der Waals surface area contributed by atoms with E-state index in [1.165, 1.54) is 0 Å². The number of hydrogen-bond acceptors (Lipinski definition) is 4. The topological polar surface area (TPSA) is 71.8 Å². The van der Waals surface area contributed by atoms with Gasteiger partial charge in [-0.25, -0.2) is 4.98 Å². The highest BCUT2D eigenvalue weighted by Crippen LogP contribution is 2.20. The van der Waals surface area contributed by atoms with Crippen molar-refractivity contribution in [2.45, 2.75) is 13.0 Å². The molecule has 0 aliphatic heterocycles. The molecule has 3 aromatic rings. The van der Waals surface area contributed by atoms with Crippen LogP contribution in [0.4, 0.5) is 11.4 Å². The number of amides is 1. The molecule has 0 aliphatic rings. The number of para-hydroxylation sites is 1. The van der Waals surface area contributed by atoms with Crippen molar-refractivity contribution in [3.8, 4) is 0 Å². The van der Waals surface area contributed by atoms with Crippen LogP contribution in [0.2, 0.25) is 0 Å². The van der Waals surface area contributed by atoms with Crippen LogP contribution in [0, 0.1) is 0 Å². The van der Waals surface area contributed by atoms with Crippen LogP contribution in [-0.4, -0.2) is 27.0 Å². The Morgan fingerprint density at radius 3 is 2.79 bits per heavy atom. The predicted molar refractivity (Wildman–Crippen MR) is 93.1 cm³/mol. The molecular formula is C18H19N5O. The first-order valence-corrected chi connectivity index (χ1v) is 7.83. The average molecular weight is 321 g/mol. The van der Waals surface area contributed by atoms with Gasteiger partial charge in [-0.15, -0.1) is 0 Å². The van der Waals surface area contributed by atoms with E-state index in [2.05, 4.69) is 20.6 Å². The third-order valence-corrected chi connectivity index (χ3v) is 3.55. The number of aryl methyl sites for hydroxylation is 1. The maximum atomic E-state index is 12.4. The van der Waals surface area contributed by atoms with Crippen LogP contribution in [-0.2, 0) is 6.54 Å². The number of aromatic nitrogens is 3. The zero-order valence-corrected chi connectivity index (χ0v) is 13.2. The number of rotatable bonds is 7. The number of nitrogens with zero attached hydrogens (tertiary/aromatic N) is 3. The van der Waals surface area contributed by atoms with Gasteiger partial charge in [0.25, 0.3) is 5.91 Å². The van der Waals surface area contributed by atoms with Crippen molar-refractivity contribution in [2.75, 3.05) is 11.9 Å². The third kappa shape index (κ3) is 4.19. The molecule has 0 saturated carbocycles. The number of carbonyl (C=O) groups is 1. The molecule has 0 atom stereocenters. The Kier molecular flexibility index (Phi) is 5.19. The predicted octanol–water partition coefficient (Wildman–Crippen LogP) is 2.84. The van der Waals surface area contributed by atoms with Gasteiger partial charge in [0.1, 0.15) is 0 Å². The first-order valence-electron chi connectivity index (χ1n) is 7.83. The van der Waals surface area contributed by atoms with Crippen LogP contribution in [0.15, 0.2) is 67.5 Å². The molecule has 0 saturated heterocycles. The molecule has 6 nitrogen and oxygen atoms in total. The minimum absolute atomic E-state index is 0.0902. The molecule has 0 fully saturated rings. The summed E-state index contributed by atoms with van der Waals surface area (Å²) in [5.41, 5.74) is 2.22. The van der Waals surface area contributed by atoms with Gasteiger partial charge in [-0.3, -0.25) is 9.78 Å². The highest BCUT2D eigenvalue weighted by molar-refractivity contribution is 6.00. The Bertz CT molecular complexity index is 771. The summed E-state index contributed by atoms with van der Waals surface area (Å²) < 4.78 is 1.99.